The Morgan fingerprint density at radius 2 is 2.33 bits per heavy atom. The minimum atomic E-state index is -0.934. The molecule has 1 amide bonds. The third-order valence-corrected chi connectivity index (χ3v) is 1.72. The Labute approximate surface area is 69.5 Å². The van der Waals surface area contributed by atoms with E-state index in [2.05, 4.69) is 10.5 Å². The van der Waals surface area contributed by atoms with Gasteiger partial charge < -0.3 is 20.5 Å². The largest absolute Gasteiger partial charge is 0.465 e. The van der Waals surface area contributed by atoms with E-state index in [1.165, 1.54) is 4.90 Å². The molecule has 1 rings (SSSR count). The molecule has 0 atom stereocenters. The topological polar surface area (TPSA) is 85.2 Å². The van der Waals surface area contributed by atoms with E-state index in [9.17, 15) is 4.79 Å². The highest BCUT2D eigenvalue weighted by Crippen LogP contribution is 1.97. The van der Waals surface area contributed by atoms with Crippen molar-refractivity contribution >= 4 is 11.9 Å². The zero-order valence-corrected chi connectivity index (χ0v) is 6.53. The molecule has 12 heavy (non-hydrogen) atoms. The Morgan fingerprint density at radius 3 is 2.92 bits per heavy atom. The molecule has 0 aromatic heterocycles. The molecule has 0 aliphatic carbocycles. The lowest BCUT2D eigenvalue weighted by Gasteiger charge is -2.13. The highest BCUT2D eigenvalue weighted by Gasteiger charge is 2.15. The van der Waals surface area contributed by atoms with E-state index < -0.39 is 6.09 Å². The van der Waals surface area contributed by atoms with Crippen molar-refractivity contribution in [2.45, 2.75) is 6.42 Å². The molecule has 1 aliphatic rings. The van der Waals surface area contributed by atoms with Gasteiger partial charge in [0, 0.05) is 26.1 Å². The van der Waals surface area contributed by atoms with Gasteiger partial charge in [0.15, 0.2) is 0 Å². The van der Waals surface area contributed by atoms with Crippen LogP contribution in [0.15, 0.2) is 5.16 Å². The van der Waals surface area contributed by atoms with Crippen LogP contribution in [0.25, 0.3) is 0 Å². The number of nitrogens with one attached hydrogen (secondary N) is 1. The summed E-state index contributed by atoms with van der Waals surface area (Å²) in [6, 6.07) is 0. The van der Waals surface area contributed by atoms with E-state index in [-0.39, 0.29) is 0 Å². The minimum Gasteiger partial charge on any atom is -0.465 e. The predicted molar refractivity (Wildman–Crippen MR) is 41.4 cm³/mol. The van der Waals surface area contributed by atoms with Crippen LogP contribution in [-0.2, 0) is 0 Å². The maximum Gasteiger partial charge on any atom is 0.407 e. The summed E-state index contributed by atoms with van der Waals surface area (Å²) in [5.41, 5.74) is 0. The molecule has 6 heteroatoms. The van der Waals surface area contributed by atoms with Crippen molar-refractivity contribution in [1.29, 1.82) is 0 Å². The Kier molecular flexibility index (Phi) is 2.73. The summed E-state index contributed by atoms with van der Waals surface area (Å²) in [4.78, 5) is 11.8. The van der Waals surface area contributed by atoms with Gasteiger partial charge in [-0.25, -0.2) is 4.79 Å². The quantitative estimate of drug-likeness (QED) is 0.348. The molecule has 68 valence electrons. The molecular formula is C6H11N3O3. The number of carboxylic acid groups (broad SMARTS) is 1. The van der Waals surface area contributed by atoms with Gasteiger partial charge in [0.05, 0.1) is 0 Å². The van der Waals surface area contributed by atoms with Crippen LogP contribution in [0.4, 0.5) is 4.79 Å². The molecule has 0 aromatic rings. The zero-order chi connectivity index (χ0) is 8.97. The fourth-order valence-electron chi connectivity index (χ4n) is 1.05. The van der Waals surface area contributed by atoms with E-state index in [4.69, 9.17) is 10.3 Å². The summed E-state index contributed by atoms with van der Waals surface area (Å²) in [7, 11) is 0. The van der Waals surface area contributed by atoms with Crippen LogP contribution in [-0.4, -0.2) is 46.8 Å². The molecule has 1 saturated heterocycles. The first-order chi connectivity index (χ1) is 5.74. The average Bonchev–Trinajstić information content (AvgIpc) is 2.28. The normalized spacial score (nSPS) is 21.7. The van der Waals surface area contributed by atoms with Crippen LogP contribution in [0.1, 0.15) is 6.42 Å². The average molecular weight is 173 g/mol. The molecule has 1 aliphatic heterocycles. The monoisotopic (exact) mass is 173 g/mol. The van der Waals surface area contributed by atoms with E-state index in [0.717, 1.165) is 0 Å². The van der Waals surface area contributed by atoms with Crippen LogP contribution in [0, 0.1) is 0 Å². The number of carbonyl (C=O) groups is 1. The van der Waals surface area contributed by atoms with Crippen molar-refractivity contribution in [1.82, 2.24) is 10.2 Å². The lowest BCUT2D eigenvalue weighted by molar-refractivity contribution is 0.148. The lowest BCUT2D eigenvalue weighted by atomic mass is 10.4. The van der Waals surface area contributed by atoms with Gasteiger partial charge in [0.2, 0.25) is 0 Å². The highest BCUT2D eigenvalue weighted by atomic mass is 16.4. The van der Waals surface area contributed by atoms with E-state index in [1.807, 2.05) is 0 Å². The second-order valence-corrected chi connectivity index (χ2v) is 2.49. The number of hydrogen-bond acceptors (Lipinski definition) is 3. The third kappa shape index (κ3) is 2.01. The SMILES string of the molecule is O=C(O)N1CCN/C(=N\O)CC1. The minimum absolute atomic E-state index is 0.377. The number of amidine groups is 1. The van der Waals surface area contributed by atoms with Crippen molar-refractivity contribution < 1.29 is 15.1 Å². The van der Waals surface area contributed by atoms with Gasteiger partial charge in [-0.1, -0.05) is 5.16 Å². The maximum atomic E-state index is 10.5. The Hall–Kier alpha value is -1.46. The van der Waals surface area contributed by atoms with Crippen molar-refractivity contribution in [2.24, 2.45) is 5.16 Å². The molecule has 0 spiro atoms. The first kappa shape index (κ1) is 8.63. The Bertz CT molecular complexity index is 204. The van der Waals surface area contributed by atoms with Crippen molar-refractivity contribution in [3.8, 4) is 0 Å². The van der Waals surface area contributed by atoms with E-state index in [0.29, 0.717) is 31.9 Å². The van der Waals surface area contributed by atoms with E-state index in [1.54, 1.807) is 0 Å². The van der Waals surface area contributed by atoms with Crippen molar-refractivity contribution in [3.63, 3.8) is 0 Å². The number of rotatable bonds is 0. The van der Waals surface area contributed by atoms with Gasteiger partial charge in [0.1, 0.15) is 5.84 Å². The van der Waals surface area contributed by atoms with Gasteiger partial charge in [-0.3, -0.25) is 0 Å². The number of nitrogens with zero attached hydrogens (tertiary/aromatic N) is 2. The lowest BCUT2D eigenvalue weighted by Crippen LogP contribution is -2.32. The Morgan fingerprint density at radius 1 is 1.58 bits per heavy atom. The fourth-order valence-corrected chi connectivity index (χ4v) is 1.05. The van der Waals surface area contributed by atoms with E-state index >= 15 is 0 Å². The summed E-state index contributed by atoms with van der Waals surface area (Å²) >= 11 is 0. The van der Waals surface area contributed by atoms with Crippen LogP contribution in [0.2, 0.25) is 0 Å². The summed E-state index contributed by atoms with van der Waals surface area (Å²) in [5, 5.41) is 22.8. The van der Waals surface area contributed by atoms with Crippen LogP contribution in [0.5, 0.6) is 0 Å². The number of hydrogen-bond donors (Lipinski definition) is 3. The number of amides is 1. The van der Waals surface area contributed by atoms with Crippen LogP contribution >= 0.6 is 0 Å². The summed E-state index contributed by atoms with van der Waals surface area (Å²) < 4.78 is 0. The first-order valence-corrected chi connectivity index (χ1v) is 3.66. The first-order valence-electron chi connectivity index (χ1n) is 3.66. The molecule has 6 nitrogen and oxygen atoms in total. The van der Waals surface area contributed by atoms with Crippen LogP contribution in [0.3, 0.4) is 0 Å². The fraction of sp³-hybridized carbons (Fsp3) is 0.667. The smallest absolute Gasteiger partial charge is 0.407 e. The molecular weight excluding hydrogens is 162 g/mol. The number of oxime groups is 1. The molecule has 1 fully saturated rings. The molecule has 0 aromatic carbocycles. The van der Waals surface area contributed by atoms with Crippen molar-refractivity contribution in [3.05, 3.63) is 0 Å². The van der Waals surface area contributed by atoms with Crippen LogP contribution < -0.4 is 5.32 Å². The van der Waals surface area contributed by atoms with Gasteiger partial charge in [-0.15, -0.1) is 0 Å². The highest BCUT2D eigenvalue weighted by molar-refractivity contribution is 5.82. The van der Waals surface area contributed by atoms with Gasteiger partial charge in [-0.2, -0.15) is 0 Å². The summed E-state index contributed by atoms with van der Waals surface area (Å²) in [5.74, 6) is 0.443. The standard InChI is InChI=1S/C6H11N3O3/c10-6(11)9-3-1-5(8-12)7-2-4-9/h12H,1-4H2,(H,7,8)(H,10,11). The zero-order valence-electron chi connectivity index (χ0n) is 6.53. The third-order valence-electron chi connectivity index (χ3n) is 1.72. The Balaban J connectivity index is 2.50. The molecule has 0 radical (unpaired) electrons. The summed E-state index contributed by atoms with van der Waals surface area (Å²) in [6.07, 6.45) is -0.501. The molecule has 0 saturated carbocycles. The molecule has 3 N–H and O–H groups in total. The second kappa shape index (κ2) is 3.80. The van der Waals surface area contributed by atoms with Gasteiger partial charge in [-0.05, 0) is 0 Å². The summed E-state index contributed by atoms with van der Waals surface area (Å²) in [6.45, 7) is 1.29. The predicted octanol–water partition coefficient (Wildman–Crippen LogP) is -0.253. The van der Waals surface area contributed by atoms with Gasteiger partial charge in [0.25, 0.3) is 0 Å². The molecule has 1 heterocycles. The van der Waals surface area contributed by atoms with Gasteiger partial charge >= 0.3 is 6.09 Å². The van der Waals surface area contributed by atoms with Crippen molar-refractivity contribution in [2.75, 3.05) is 19.6 Å². The molecule has 0 bridgehead atoms. The second-order valence-electron chi connectivity index (χ2n) is 2.49. The maximum absolute atomic E-state index is 10.5. The molecule has 0 unspecified atom stereocenters.